The fraction of sp³-hybridized carbons (Fsp3) is 0.233. The molecule has 7 rings (SSSR count). The second kappa shape index (κ2) is 10.5. The predicted molar refractivity (Wildman–Crippen MR) is 152 cm³/mol. The minimum Gasteiger partial charge on any atom is -0.478 e. The maximum absolute atomic E-state index is 13.2. The quantitative estimate of drug-likeness (QED) is 0.272. The normalized spacial score (nSPS) is 14.4. The Kier molecular flexibility index (Phi) is 6.42. The van der Waals surface area contributed by atoms with Crippen molar-refractivity contribution in [2.45, 2.75) is 38.4 Å². The van der Waals surface area contributed by atoms with Crippen LogP contribution in [0.1, 0.15) is 32.9 Å². The highest BCUT2D eigenvalue weighted by Crippen LogP contribution is 2.31. The summed E-state index contributed by atoms with van der Waals surface area (Å²) in [6, 6.07) is 15.2. The number of aromatic carboxylic acids is 1. The van der Waals surface area contributed by atoms with Gasteiger partial charge in [0.2, 0.25) is 11.9 Å². The third-order valence-electron chi connectivity index (χ3n) is 7.83. The number of nitrogens with zero attached hydrogens (tertiary/aromatic N) is 7. The predicted octanol–water partition coefficient (Wildman–Crippen LogP) is 2.99. The molecule has 0 radical (unpaired) electrons. The summed E-state index contributed by atoms with van der Waals surface area (Å²) in [7, 11) is 0. The van der Waals surface area contributed by atoms with E-state index in [1.807, 2.05) is 6.20 Å². The van der Waals surface area contributed by atoms with Gasteiger partial charge in [0.25, 0.3) is 0 Å². The molecule has 210 valence electrons. The molecule has 42 heavy (non-hydrogen) atoms. The van der Waals surface area contributed by atoms with E-state index in [1.54, 1.807) is 34.1 Å². The summed E-state index contributed by atoms with van der Waals surface area (Å²) < 4.78 is 1.61. The van der Waals surface area contributed by atoms with E-state index in [4.69, 9.17) is 5.10 Å². The van der Waals surface area contributed by atoms with Crippen LogP contribution in [0.5, 0.6) is 0 Å². The smallest absolute Gasteiger partial charge is 0.335 e. The van der Waals surface area contributed by atoms with E-state index in [2.05, 4.69) is 55.0 Å². The Balaban J connectivity index is 1.14. The van der Waals surface area contributed by atoms with Crippen LogP contribution in [0.4, 0.5) is 5.95 Å². The Hall–Kier alpha value is -5.39. The van der Waals surface area contributed by atoms with E-state index in [9.17, 15) is 14.7 Å². The third-order valence-corrected chi connectivity index (χ3v) is 7.83. The van der Waals surface area contributed by atoms with Crippen molar-refractivity contribution in [1.29, 1.82) is 0 Å². The molecule has 2 aromatic carbocycles. The summed E-state index contributed by atoms with van der Waals surface area (Å²) in [4.78, 5) is 35.5. The standard InChI is InChI=1S/C30H27N9O3/c40-27(38-10-9-25-26(16-38)35-37-34-25)17-39-15-24(28(36-39)18-5-7-19(8-6-18)29(41)42)22-13-31-30(32-14-22)33-23-11-20-3-1-2-4-21(20)12-23/h1-8,13-15,23H,9-12,16-17H2,(H,41,42)(H,31,32,33)(H,34,35,37). The second-order valence-corrected chi connectivity index (χ2v) is 10.6. The molecule has 3 aromatic heterocycles. The molecule has 0 saturated carbocycles. The number of rotatable bonds is 7. The lowest BCUT2D eigenvalue weighted by atomic mass is 10.0. The molecular weight excluding hydrogens is 534 g/mol. The van der Waals surface area contributed by atoms with Crippen molar-refractivity contribution in [3.05, 3.63) is 95.2 Å². The highest BCUT2D eigenvalue weighted by atomic mass is 16.4. The Morgan fingerprint density at radius 1 is 0.952 bits per heavy atom. The van der Waals surface area contributed by atoms with E-state index < -0.39 is 5.97 Å². The molecule has 1 amide bonds. The van der Waals surface area contributed by atoms with Crippen molar-refractivity contribution in [2.24, 2.45) is 0 Å². The van der Waals surface area contributed by atoms with Crippen LogP contribution in [0.3, 0.4) is 0 Å². The van der Waals surface area contributed by atoms with Crippen molar-refractivity contribution in [2.75, 3.05) is 11.9 Å². The summed E-state index contributed by atoms with van der Waals surface area (Å²) >= 11 is 0. The number of carbonyl (C=O) groups excluding carboxylic acids is 1. The summed E-state index contributed by atoms with van der Waals surface area (Å²) in [5.74, 6) is -0.542. The minimum absolute atomic E-state index is 0.0378. The number of fused-ring (bicyclic) bond motifs is 2. The Bertz CT molecular complexity index is 1750. The zero-order valence-electron chi connectivity index (χ0n) is 22.6. The molecule has 0 atom stereocenters. The van der Waals surface area contributed by atoms with Gasteiger partial charge in [-0.25, -0.2) is 14.8 Å². The van der Waals surface area contributed by atoms with Crippen LogP contribution in [-0.2, 0) is 37.1 Å². The van der Waals surface area contributed by atoms with Crippen molar-refractivity contribution in [3.8, 4) is 22.4 Å². The van der Waals surface area contributed by atoms with E-state index in [0.717, 1.165) is 40.9 Å². The van der Waals surface area contributed by atoms with Gasteiger partial charge in [-0.2, -0.15) is 20.5 Å². The lowest BCUT2D eigenvalue weighted by Gasteiger charge is -2.25. The van der Waals surface area contributed by atoms with Gasteiger partial charge >= 0.3 is 5.97 Å². The summed E-state index contributed by atoms with van der Waals surface area (Å²) in [5.41, 5.74) is 7.34. The van der Waals surface area contributed by atoms with Crippen molar-refractivity contribution in [1.82, 2.24) is 40.1 Å². The molecule has 3 N–H and O–H groups in total. The number of aromatic nitrogens is 7. The molecule has 0 spiro atoms. The number of aromatic amines is 1. The fourth-order valence-corrected chi connectivity index (χ4v) is 5.64. The molecule has 2 aliphatic rings. The highest BCUT2D eigenvalue weighted by Gasteiger charge is 2.25. The van der Waals surface area contributed by atoms with Gasteiger partial charge in [-0.15, -0.1) is 0 Å². The average Bonchev–Trinajstić information content (AvgIpc) is 3.75. The number of hydrogen-bond donors (Lipinski definition) is 3. The van der Waals surface area contributed by atoms with E-state index in [-0.39, 0.29) is 24.1 Å². The summed E-state index contributed by atoms with van der Waals surface area (Å²) in [5, 5.41) is 28.4. The van der Waals surface area contributed by atoms with Crippen molar-refractivity contribution < 1.29 is 14.7 Å². The average molecular weight is 562 g/mol. The number of nitrogens with one attached hydrogen (secondary N) is 2. The number of anilines is 1. The second-order valence-electron chi connectivity index (χ2n) is 10.6. The Labute approximate surface area is 240 Å². The van der Waals surface area contributed by atoms with Gasteiger partial charge in [-0.3, -0.25) is 9.48 Å². The topological polar surface area (TPSA) is 155 Å². The molecule has 0 unspecified atom stereocenters. The number of amides is 1. The van der Waals surface area contributed by atoms with Crippen LogP contribution >= 0.6 is 0 Å². The number of carboxylic acid groups (broad SMARTS) is 1. The minimum atomic E-state index is -1.00. The molecule has 1 aliphatic carbocycles. The number of carbonyl (C=O) groups is 2. The molecule has 0 bridgehead atoms. The van der Waals surface area contributed by atoms with Gasteiger partial charge in [0.15, 0.2) is 0 Å². The van der Waals surface area contributed by atoms with Gasteiger partial charge in [0.1, 0.15) is 17.9 Å². The Morgan fingerprint density at radius 2 is 1.67 bits per heavy atom. The number of carboxylic acids is 1. The lowest BCUT2D eigenvalue weighted by Crippen LogP contribution is -2.38. The lowest BCUT2D eigenvalue weighted by molar-refractivity contribution is -0.133. The van der Waals surface area contributed by atoms with Gasteiger partial charge < -0.3 is 15.3 Å². The van der Waals surface area contributed by atoms with Gasteiger partial charge in [-0.1, -0.05) is 36.4 Å². The van der Waals surface area contributed by atoms with Crippen molar-refractivity contribution >= 4 is 17.8 Å². The largest absolute Gasteiger partial charge is 0.478 e. The maximum atomic E-state index is 13.2. The highest BCUT2D eigenvalue weighted by molar-refractivity contribution is 5.89. The number of H-pyrrole nitrogens is 1. The van der Waals surface area contributed by atoms with Crippen LogP contribution in [0.15, 0.2) is 67.1 Å². The molecular formula is C30H27N9O3. The van der Waals surface area contributed by atoms with Crippen LogP contribution in [-0.4, -0.2) is 69.6 Å². The molecule has 12 heteroatoms. The monoisotopic (exact) mass is 561 g/mol. The van der Waals surface area contributed by atoms with E-state index >= 15 is 0 Å². The molecule has 1 aliphatic heterocycles. The Morgan fingerprint density at radius 3 is 2.38 bits per heavy atom. The molecule has 0 fully saturated rings. The van der Waals surface area contributed by atoms with Crippen molar-refractivity contribution in [3.63, 3.8) is 0 Å². The van der Waals surface area contributed by atoms with Crippen LogP contribution in [0, 0.1) is 0 Å². The van der Waals surface area contributed by atoms with Gasteiger partial charge in [0, 0.05) is 54.3 Å². The molecule has 0 saturated heterocycles. The zero-order valence-corrected chi connectivity index (χ0v) is 22.6. The summed E-state index contributed by atoms with van der Waals surface area (Å²) in [6.07, 6.45) is 7.79. The first-order valence-corrected chi connectivity index (χ1v) is 13.7. The zero-order chi connectivity index (χ0) is 28.6. The first kappa shape index (κ1) is 25.6. The van der Waals surface area contributed by atoms with E-state index in [0.29, 0.717) is 31.2 Å². The third kappa shape index (κ3) is 4.98. The SMILES string of the molecule is O=C(O)c1ccc(-c2nn(CC(=O)N3CCc4n[nH]nc4C3)cc2-c2cnc(NC3Cc4ccccc4C3)nc2)cc1. The molecule has 12 nitrogen and oxygen atoms in total. The molecule has 4 heterocycles. The van der Waals surface area contributed by atoms with E-state index in [1.165, 1.54) is 23.3 Å². The fourth-order valence-electron chi connectivity index (χ4n) is 5.64. The van der Waals surface area contributed by atoms with Crippen LogP contribution < -0.4 is 5.32 Å². The first-order chi connectivity index (χ1) is 20.5. The van der Waals surface area contributed by atoms with Gasteiger partial charge in [-0.05, 0) is 36.1 Å². The maximum Gasteiger partial charge on any atom is 0.335 e. The number of benzene rings is 2. The first-order valence-electron chi connectivity index (χ1n) is 13.7. The molecule has 5 aromatic rings. The number of hydrogen-bond acceptors (Lipinski definition) is 8. The van der Waals surface area contributed by atoms with Crippen LogP contribution in [0.25, 0.3) is 22.4 Å². The van der Waals surface area contributed by atoms with Gasteiger partial charge in [0.05, 0.1) is 17.8 Å². The van der Waals surface area contributed by atoms with Crippen LogP contribution in [0.2, 0.25) is 0 Å². The summed E-state index contributed by atoms with van der Waals surface area (Å²) in [6.45, 7) is 0.997.